The van der Waals surface area contributed by atoms with Crippen LogP contribution in [0, 0.1) is 17.1 Å². The summed E-state index contributed by atoms with van der Waals surface area (Å²) in [4.78, 5) is 8.20. The Morgan fingerprint density at radius 3 is 2.65 bits per heavy atom. The second kappa shape index (κ2) is 6.21. The van der Waals surface area contributed by atoms with Crippen molar-refractivity contribution >= 4 is 17.6 Å². The van der Waals surface area contributed by atoms with Gasteiger partial charge in [0.1, 0.15) is 41.3 Å². The van der Waals surface area contributed by atoms with Crippen molar-refractivity contribution in [1.29, 1.82) is 5.26 Å². The van der Waals surface area contributed by atoms with E-state index >= 15 is 0 Å². The van der Waals surface area contributed by atoms with Gasteiger partial charge in [-0.15, -0.1) is 0 Å². The molecule has 0 aliphatic heterocycles. The normalized spacial score (nSPS) is 10.1. The van der Waals surface area contributed by atoms with Crippen LogP contribution < -0.4 is 10.5 Å². The number of hydrogen-bond acceptors (Lipinski definition) is 6. The van der Waals surface area contributed by atoms with E-state index in [0.717, 1.165) is 0 Å². The first-order valence-electron chi connectivity index (χ1n) is 5.63. The van der Waals surface area contributed by atoms with Crippen molar-refractivity contribution in [2.45, 2.75) is 11.8 Å². The summed E-state index contributed by atoms with van der Waals surface area (Å²) >= 11 is 1.32. The molecule has 0 aliphatic rings. The Labute approximate surface area is 119 Å². The maximum Gasteiger partial charge on any atom is 0.189 e. The molecule has 1 aromatic heterocycles. The fraction of sp³-hybridized carbons (Fsp3) is 0.154. The van der Waals surface area contributed by atoms with Crippen LogP contribution in [0.5, 0.6) is 5.75 Å². The lowest BCUT2D eigenvalue weighted by atomic mass is 10.2. The quantitative estimate of drug-likeness (QED) is 0.687. The van der Waals surface area contributed by atoms with Gasteiger partial charge >= 0.3 is 0 Å². The molecule has 2 aromatic rings. The van der Waals surface area contributed by atoms with Gasteiger partial charge in [-0.1, -0.05) is 11.8 Å². The summed E-state index contributed by atoms with van der Waals surface area (Å²) in [5.74, 6) is 0.272. The summed E-state index contributed by atoms with van der Waals surface area (Å²) in [5, 5.41) is 9.55. The summed E-state index contributed by atoms with van der Waals surface area (Å²) in [6.45, 7) is 0.0643. The van der Waals surface area contributed by atoms with E-state index in [1.807, 2.05) is 12.3 Å². The predicted molar refractivity (Wildman–Crippen MR) is 73.7 cm³/mol. The first-order chi connectivity index (χ1) is 9.63. The van der Waals surface area contributed by atoms with Crippen molar-refractivity contribution in [3.05, 3.63) is 41.3 Å². The summed E-state index contributed by atoms with van der Waals surface area (Å²) in [6, 6.07) is 7.55. The molecule has 0 fully saturated rings. The topological polar surface area (TPSA) is 84.8 Å². The van der Waals surface area contributed by atoms with E-state index < -0.39 is 0 Å². The molecule has 2 N–H and O–H groups in total. The van der Waals surface area contributed by atoms with E-state index in [1.165, 1.54) is 36.0 Å². The van der Waals surface area contributed by atoms with Crippen LogP contribution in [0.4, 0.5) is 10.2 Å². The van der Waals surface area contributed by atoms with Crippen LogP contribution in [0.1, 0.15) is 11.3 Å². The molecule has 0 aliphatic carbocycles. The number of ether oxygens (including phenoxy) is 1. The van der Waals surface area contributed by atoms with Crippen molar-refractivity contribution in [1.82, 2.24) is 9.97 Å². The number of thioether (sulfide) groups is 1. The third-order valence-electron chi connectivity index (χ3n) is 2.47. The highest BCUT2D eigenvalue weighted by molar-refractivity contribution is 7.98. The van der Waals surface area contributed by atoms with Crippen molar-refractivity contribution in [2.24, 2.45) is 0 Å². The molecular formula is C13H11FN4OS. The van der Waals surface area contributed by atoms with Gasteiger partial charge < -0.3 is 10.5 Å². The molecule has 0 saturated carbocycles. The molecule has 1 aromatic carbocycles. The van der Waals surface area contributed by atoms with Crippen molar-refractivity contribution in [3.63, 3.8) is 0 Å². The number of nitriles is 1. The van der Waals surface area contributed by atoms with E-state index in [2.05, 4.69) is 9.97 Å². The summed E-state index contributed by atoms with van der Waals surface area (Å²) in [5.41, 5.74) is 6.31. The van der Waals surface area contributed by atoms with Gasteiger partial charge in [-0.25, -0.2) is 14.4 Å². The first kappa shape index (κ1) is 14.1. The molecule has 0 bridgehead atoms. The van der Waals surface area contributed by atoms with Crippen LogP contribution in [0.2, 0.25) is 0 Å². The second-order valence-electron chi connectivity index (χ2n) is 3.77. The Balaban J connectivity index is 2.22. The van der Waals surface area contributed by atoms with Crippen molar-refractivity contribution in [2.75, 3.05) is 12.0 Å². The SMILES string of the molecule is CSc1nc(N)c(C#N)c(COc2ccc(F)cc2)n1. The van der Waals surface area contributed by atoms with Gasteiger partial charge in [0.25, 0.3) is 0 Å². The zero-order valence-corrected chi connectivity index (χ0v) is 11.4. The Hall–Kier alpha value is -2.33. The minimum Gasteiger partial charge on any atom is -0.487 e. The van der Waals surface area contributed by atoms with Crippen LogP contribution in [0.3, 0.4) is 0 Å². The number of nitrogens with two attached hydrogens (primary N) is 1. The first-order valence-corrected chi connectivity index (χ1v) is 6.85. The Morgan fingerprint density at radius 2 is 2.05 bits per heavy atom. The van der Waals surface area contributed by atoms with Crippen LogP contribution in [0.25, 0.3) is 0 Å². The Kier molecular flexibility index (Phi) is 4.38. The minimum absolute atomic E-state index is 0.0643. The van der Waals surface area contributed by atoms with Crippen molar-refractivity contribution < 1.29 is 9.13 Å². The van der Waals surface area contributed by atoms with E-state index in [-0.39, 0.29) is 23.8 Å². The average molecular weight is 290 g/mol. The van der Waals surface area contributed by atoms with Crippen LogP contribution in [-0.2, 0) is 6.61 Å². The second-order valence-corrected chi connectivity index (χ2v) is 4.55. The molecule has 0 unspecified atom stereocenters. The molecule has 0 saturated heterocycles. The Bertz CT molecular complexity index is 655. The van der Waals surface area contributed by atoms with Gasteiger partial charge in [0.2, 0.25) is 0 Å². The predicted octanol–water partition coefficient (Wildman–Crippen LogP) is 2.37. The lowest BCUT2D eigenvalue weighted by molar-refractivity contribution is 0.299. The monoisotopic (exact) mass is 290 g/mol. The lowest BCUT2D eigenvalue weighted by Gasteiger charge is -2.09. The molecule has 20 heavy (non-hydrogen) atoms. The van der Waals surface area contributed by atoms with Gasteiger partial charge in [0, 0.05) is 0 Å². The zero-order valence-electron chi connectivity index (χ0n) is 10.6. The lowest BCUT2D eigenvalue weighted by Crippen LogP contribution is -2.08. The van der Waals surface area contributed by atoms with Crippen LogP contribution >= 0.6 is 11.8 Å². The van der Waals surface area contributed by atoms with Gasteiger partial charge in [0.05, 0.1) is 0 Å². The number of nitrogens with zero attached hydrogens (tertiary/aromatic N) is 3. The van der Waals surface area contributed by atoms with Gasteiger partial charge in [-0.2, -0.15) is 5.26 Å². The molecule has 102 valence electrons. The number of rotatable bonds is 4. The van der Waals surface area contributed by atoms with E-state index in [4.69, 9.17) is 15.7 Å². The maximum atomic E-state index is 12.8. The third-order valence-corrected chi connectivity index (χ3v) is 3.02. The fourth-order valence-electron chi connectivity index (χ4n) is 1.50. The molecular weight excluding hydrogens is 279 g/mol. The van der Waals surface area contributed by atoms with Gasteiger partial charge in [-0.05, 0) is 30.5 Å². The van der Waals surface area contributed by atoms with Crippen LogP contribution in [-0.4, -0.2) is 16.2 Å². The molecule has 1 heterocycles. The van der Waals surface area contributed by atoms with Crippen LogP contribution in [0.15, 0.2) is 29.4 Å². The largest absolute Gasteiger partial charge is 0.487 e. The van der Waals surface area contributed by atoms with Gasteiger partial charge in [-0.3, -0.25) is 0 Å². The molecule has 0 amide bonds. The number of halogens is 1. The molecule has 0 atom stereocenters. The average Bonchev–Trinajstić information content (AvgIpc) is 2.46. The molecule has 7 heteroatoms. The zero-order chi connectivity index (χ0) is 14.5. The number of hydrogen-bond donors (Lipinski definition) is 1. The molecule has 0 spiro atoms. The highest BCUT2D eigenvalue weighted by atomic mass is 32.2. The van der Waals surface area contributed by atoms with E-state index in [1.54, 1.807) is 0 Å². The Morgan fingerprint density at radius 1 is 1.35 bits per heavy atom. The summed E-state index contributed by atoms with van der Waals surface area (Å²) < 4.78 is 18.3. The van der Waals surface area contributed by atoms with E-state index in [9.17, 15) is 4.39 Å². The van der Waals surface area contributed by atoms with Crippen molar-refractivity contribution in [3.8, 4) is 11.8 Å². The molecule has 2 rings (SSSR count). The fourth-order valence-corrected chi connectivity index (χ4v) is 1.89. The highest BCUT2D eigenvalue weighted by Gasteiger charge is 2.12. The molecule has 5 nitrogen and oxygen atoms in total. The smallest absolute Gasteiger partial charge is 0.189 e. The number of anilines is 1. The number of aromatic nitrogens is 2. The highest BCUT2D eigenvalue weighted by Crippen LogP contribution is 2.20. The minimum atomic E-state index is -0.342. The number of nitrogen functional groups attached to an aromatic ring is 1. The molecule has 0 radical (unpaired) electrons. The maximum absolute atomic E-state index is 12.8. The summed E-state index contributed by atoms with van der Waals surface area (Å²) in [6.07, 6.45) is 1.81. The van der Waals surface area contributed by atoms with Gasteiger partial charge in [0.15, 0.2) is 5.16 Å². The summed E-state index contributed by atoms with van der Waals surface area (Å²) in [7, 11) is 0. The third kappa shape index (κ3) is 3.16. The number of benzene rings is 1. The standard InChI is InChI=1S/C13H11FN4OS/c1-20-13-17-11(10(6-15)12(16)18-13)7-19-9-4-2-8(14)3-5-9/h2-5H,7H2,1H3,(H2,16,17,18). The van der Waals surface area contributed by atoms with E-state index in [0.29, 0.717) is 16.6 Å².